The summed E-state index contributed by atoms with van der Waals surface area (Å²) in [7, 11) is 0. The van der Waals surface area contributed by atoms with E-state index < -0.39 is 17.3 Å². The summed E-state index contributed by atoms with van der Waals surface area (Å²) in [6.45, 7) is 3.63. The fourth-order valence-electron chi connectivity index (χ4n) is 1.89. The quantitative estimate of drug-likeness (QED) is 0.778. The molecule has 2 aromatic rings. The number of nitrogens with one attached hydrogen (secondary N) is 1. The molecule has 2 rings (SSSR count). The van der Waals surface area contributed by atoms with E-state index >= 15 is 0 Å². The molecule has 0 aliphatic carbocycles. The van der Waals surface area contributed by atoms with Crippen LogP contribution in [0.15, 0.2) is 30.5 Å². The monoisotopic (exact) mass is 287 g/mol. The maximum Gasteiger partial charge on any atom is 0.339 e. The molecule has 0 unspecified atom stereocenters. The number of nitrogens with two attached hydrogens (primary N) is 1. The number of amides is 1. The van der Waals surface area contributed by atoms with Gasteiger partial charge in [0.2, 0.25) is 5.91 Å². The first-order valence-corrected chi connectivity index (χ1v) is 6.48. The fraction of sp³-hybridized carbons (Fsp3) is 0.267. The number of aromatic carboxylic acids is 1. The number of aromatic nitrogens is 1. The Kier molecular flexibility index (Phi) is 3.80. The molecule has 0 saturated heterocycles. The van der Waals surface area contributed by atoms with Crippen LogP contribution in [-0.2, 0) is 4.79 Å². The highest BCUT2D eigenvalue weighted by molar-refractivity contribution is 6.04. The summed E-state index contributed by atoms with van der Waals surface area (Å²) in [5.74, 6) is -1.53. The van der Waals surface area contributed by atoms with Gasteiger partial charge in [0.05, 0.1) is 16.6 Å². The van der Waals surface area contributed by atoms with Crippen LogP contribution in [0.25, 0.3) is 10.9 Å². The smallest absolute Gasteiger partial charge is 0.339 e. The Morgan fingerprint density at radius 1 is 1.33 bits per heavy atom. The maximum absolute atomic E-state index is 11.4. The number of hydrogen-bond acceptors (Lipinski definition) is 4. The lowest BCUT2D eigenvalue weighted by molar-refractivity contribution is -0.125. The first kappa shape index (κ1) is 14.8. The van der Waals surface area contributed by atoms with Crippen LogP contribution in [0, 0.1) is 5.41 Å². The number of primary amides is 1. The highest BCUT2D eigenvalue weighted by atomic mass is 16.4. The van der Waals surface area contributed by atoms with E-state index in [4.69, 9.17) is 5.73 Å². The lowest BCUT2D eigenvalue weighted by Crippen LogP contribution is -2.37. The number of carbonyl (C=O) groups is 2. The third-order valence-corrected chi connectivity index (χ3v) is 3.38. The summed E-state index contributed by atoms with van der Waals surface area (Å²) in [5.41, 5.74) is 5.74. The topological polar surface area (TPSA) is 105 Å². The number of nitrogens with zero attached hydrogens (tertiary/aromatic N) is 1. The van der Waals surface area contributed by atoms with Crippen LogP contribution in [0.2, 0.25) is 0 Å². The summed E-state index contributed by atoms with van der Waals surface area (Å²) in [5, 5.41) is 13.0. The SMILES string of the molecule is CC(C)(CNc1c(C(=O)O)cnc2ccccc12)C(N)=O. The van der Waals surface area contributed by atoms with Gasteiger partial charge in [-0.05, 0) is 19.9 Å². The molecule has 1 amide bonds. The van der Waals surface area contributed by atoms with E-state index in [1.54, 1.807) is 32.0 Å². The van der Waals surface area contributed by atoms with E-state index in [2.05, 4.69) is 10.3 Å². The lowest BCUT2D eigenvalue weighted by Gasteiger charge is -2.22. The van der Waals surface area contributed by atoms with Crippen LogP contribution >= 0.6 is 0 Å². The lowest BCUT2D eigenvalue weighted by atomic mass is 9.92. The molecular weight excluding hydrogens is 270 g/mol. The van der Waals surface area contributed by atoms with Crippen LogP contribution in [0.4, 0.5) is 5.69 Å². The van der Waals surface area contributed by atoms with Gasteiger partial charge >= 0.3 is 5.97 Å². The van der Waals surface area contributed by atoms with Gasteiger partial charge in [0.15, 0.2) is 0 Å². The third-order valence-electron chi connectivity index (χ3n) is 3.38. The van der Waals surface area contributed by atoms with Crippen LogP contribution in [-0.4, -0.2) is 28.5 Å². The van der Waals surface area contributed by atoms with E-state index in [-0.39, 0.29) is 12.1 Å². The zero-order valence-electron chi connectivity index (χ0n) is 11.9. The number of fused-ring (bicyclic) bond motifs is 1. The van der Waals surface area contributed by atoms with Gasteiger partial charge in [-0.3, -0.25) is 9.78 Å². The van der Waals surface area contributed by atoms with Gasteiger partial charge in [0.25, 0.3) is 0 Å². The van der Waals surface area contributed by atoms with Gasteiger partial charge in [0.1, 0.15) is 5.56 Å². The van der Waals surface area contributed by atoms with Crippen molar-refractivity contribution in [1.29, 1.82) is 0 Å². The van der Waals surface area contributed by atoms with Crippen molar-refractivity contribution in [2.45, 2.75) is 13.8 Å². The van der Waals surface area contributed by atoms with E-state index in [0.29, 0.717) is 16.6 Å². The average Bonchev–Trinajstić information content (AvgIpc) is 2.44. The zero-order valence-corrected chi connectivity index (χ0v) is 11.9. The highest BCUT2D eigenvalue weighted by Crippen LogP contribution is 2.27. The van der Waals surface area contributed by atoms with Crippen molar-refractivity contribution < 1.29 is 14.7 Å². The molecule has 0 radical (unpaired) electrons. The van der Waals surface area contributed by atoms with Gasteiger partial charge in [-0.2, -0.15) is 0 Å². The van der Waals surface area contributed by atoms with Gasteiger partial charge in [-0.1, -0.05) is 18.2 Å². The Bertz CT molecular complexity index is 710. The number of rotatable bonds is 5. The molecule has 6 nitrogen and oxygen atoms in total. The summed E-state index contributed by atoms with van der Waals surface area (Å²) >= 11 is 0. The van der Waals surface area contributed by atoms with E-state index in [1.165, 1.54) is 6.20 Å². The second-order valence-corrected chi connectivity index (χ2v) is 5.47. The van der Waals surface area contributed by atoms with Crippen molar-refractivity contribution in [3.63, 3.8) is 0 Å². The molecule has 0 atom stereocenters. The number of pyridine rings is 1. The van der Waals surface area contributed by atoms with Gasteiger partial charge in [-0.25, -0.2) is 4.79 Å². The summed E-state index contributed by atoms with van der Waals surface area (Å²) < 4.78 is 0. The number of hydrogen-bond donors (Lipinski definition) is 3. The van der Waals surface area contributed by atoms with Crippen LogP contribution in [0.3, 0.4) is 0 Å². The molecule has 1 aromatic carbocycles. The first-order valence-electron chi connectivity index (χ1n) is 6.48. The number of anilines is 1. The maximum atomic E-state index is 11.4. The molecule has 0 fully saturated rings. The van der Waals surface area contributed by atoms with Crippen molar-refractivity contribution >= 4 is 28.5 Å². The molecule has 0 spiro atoms. The second kappa shape index (κ2) is 5.40. The minimum absolute atomic E-state index is 0.0639. The zero-order chi connectivity index (χ0) is 15.6. The molecule has 1 heterocycles. The standard InChI is InChI=1S/C15H17N3O3/c1-15(2,14(16)21)8-18-12-9-5-3-4-6-11(9)17-7-10(12)13(19)20/h3-7H,8H2,1-2H3,(H2,16,21)(H,17,18)(H,19,20). The summed E-state index contributed by atoms with van der Waals surface area (Å²) in [6, 6.07) is 7.21. The average molecular weight is 287 g/mol. The van der Waals surface area contributed by atoms with Gasteiger partial charge < -0.3 is 16.2 Å². The van der Waals surface area contributed by atoms with Gasteiger partial charge in [-0.15, -0.1) is 0 Å². The van der Waals surface area contributed by atoms with Crippen LogP contribution in [0.5, 0.6) is 0 Å². The molecule has 0 saturated carbocycles. The number of carbonyl (C=O) groups excluding carboxylic acids is 1. The van der Waals surface area contributed by atoms with Crippen molar-refractivity contribution in [2.75, 3.05) is 11.9 Å². The van der Waals surface area contributed by atoms with Crippen LogP contribution < -0.4 is 11.1 Å². The molecular formula is C15H17N3O3. The molecule has 1 aromatic heterocycles. The number of carboxylic acids is 1. The first-order chi connectivity index (χ1) is 9.83. The molecule has 6 heteroatoms. The number of para-hydroxylation sites is 1. The largest absolute Gasteiger partial charge is 0.478 e. The minimum atomic E-state index is -1.08. The highest BCUT2D eigenvalue weighted by Gasteiger charge is 2.26. The normalized spacial score (nSPS) is 11.3. The van der Waals surface area contributed by atoms with E-state index in [1.807, 2.05) is 6.07 Å². The van der Waals surface area contributed by atoms with E-state index in [0.717, 1.165) is 0 Å². The van der Waals surface area contributed by atoms with E-state index in [9.17, 15) is 14.7 Å². The molecule has 4 N–H and O–H groups in total. The molecule has 110 valence electrons. The Balaban J connectivity index is 2.47. The predicted molar refractivity (Wildman–Crippen MR) is 80.2 cm³/mol. The van der Waals surface area contributed by atoms with Crippen molar-refractivity contribution in [1.82, 2.24) is 4.98 Å². The Morgan fingerprint density at radius 3 is 2.62 bits per heavy atom. The molecule has 0 aliphatic heterocycles. The molecule has 0 bridgehead atoms. The molecule has 21 heavy (non-hydrogen) atoms. The summed E-state index contributed by atoms with van der Waals surface area (Å²) in [6.07, 6.45) is 1.31. The fourth-order valence-corrected chi connectivity index (χ4v) is 1.89. The Hall–Kier alpha value is -2.63. The minimum Gasteiger partial charge on any atom is -0.478 e. The number of benzene rings is 1. The van der Waals surface area contributed by atoms with Crippen LogP contribution in [0.1, 0.15) is 24.2 Å². The van der Waals surface area contributed by atoms with Crippen molar-refractivity contribution in [2.24, 2.45) is 11.1 Å². The van der Waals surface area contributed by atoms with Gasteiger partial charge in [0, 0.05) is 18.1 Å². The Morgan fingerprint density at radius 2 is 2.00 bits per heavy atom. The predicted octanol–water partition coefficient (Wildman–Crippen LogP) is 1.86. The number of carboxylic acid groups (broad SMARTS) is 1. The third kappa shape index (κ3) is 2.94. The second-order valence-electron chi connectivity index (χ2n) is 5.47. The Labute approximate surface area is 122 Å². The van der Waals surface area contributed by atoms with Crippen molar-refractivity contribution in [3.05, 3.63) is 36.0 Å². The summed E-state index contributed by atoms with van der Waals surface area (Å²) in [4.78, 5) is 26.9. The molecule has 0 aliphatic rings. The van der Waals surface area contributed by atoms with Crippen molar-refractivity contribution in [3.8, 4) is 0 Å².